The fourth-order valence-corrected chi connectivity index (χ4v) is 7.88. The van der Waals surface area contributed by atoms with Crippen molar-refractivity contribution < 1.29 is 18.0 Å². The van der Waals surface area contributed by atoms with Crippen molar-refractivity contribution in [3.8, 4) is 0 Å². The summed E-state index contributed by atoms with van der Waals surface area (Å²) in [5, 5.41) is 3.58. The van der Waals surface area contributed by atoms with Gasteiger partial charge < -0.3 is 10.2 Å². The normalized spacial score (nSPS) is 14.0. The molecule has 246 valence electrons. The molecule has 0 heterocycles. The lowest BCUT2D eigenvalue weighted by Gasteiger charge is -2.34. The largest absolute Gasteiger partial charge is 0.352 e. The number of aryl methyl sites for hydroxylation is 2. The molecular formula is C37H39BrClN3O4S. The molecule has 1 aliphatic carbocycles. The first-order valence-corrected chi connectivity index (χ1v) is 18.4. The van der Waals surface area contributed by atoms with Crippen molar-refractivity contribution in [2.24, 2.45) is 0 Å². The van der Waals surface area contributed by atoms with Gasteiger partial charge in [0.25, 0.3) is 10.0 Å². The summed E-state index contributed by atoms with van der Waals surface area (Å²) >= 11 is 10.0. The van der Waals surface area contributed by atoms with Crippen LogP contribution in [0.2, 0.25) is 5.02 Å². The second-order valence-electron chi connectivity index (χ2n) is 12.1. The van der Waals surface area contributed by atoms with Crippen molar-refractivity contribution in [1.82, 2.24) is 10.2 Å². The third kappa shape index (κ3) is 8.83. The van der Waals surface area contributed by atoms with E-state index in [1.165, 1.54) is 17.0 Å². The minimum absolute atomic E-state index is 0.0386. The van der Waals surface area contributed by atoms with Crippen LogP contribution in [0.1, 0.15) is 47.9 Å². The highest BCUT2D eigenvalue weighted by Gasteiger charge is 2.35. The van der Waals surface area contributed by atoms with Crippen LogP contribution in [-0.4, -0.2) is 43.8 Å². The molecule has 5 rings (SSSR count). The van der Waals surface area contributed by atoms with Crippen LogP contribution in [0.5, 0.6) is 0 Å². The van der Waals surface area contributed by atoms with Gasteiger partial charge in [0.2, 0.25) is 11.8 Å². The van der Waals surface area contributed by atoms with Gasteiger partial charge in [-0.3, -0.25) is 13.9 Å². The molecule has 0 spiro atoms. The Bertz CT molecular complexity index is 1810. The first kappa shape index (κ1) is 34.7. The van der Waals surface area contributed by atoms with Gasteiger partial charge in [-0.2, -0.15) is 0 Å². The topological polar surface area (TPSA) is 86.8 Å². The molecule has 0 aliphatic heterocycles. The molecular weight excluding hydrogens is 698 g/mol. The summed E-state index contributed by atoms with van der Waals surface area (Å²) in [4.78, 5) is 30.4. The molecule has 0 saturated heterocycles. The van der Waals surface area contributed by atoms with E-state index in [2.05, 4.69) is 21.2 Å². The van der Waals surface area contributed by atoms with Crippen LogP contribution in [0, 0.1) is 13.8 Å². The maximum absolute atomic E-state index is 14.7. The summed E-state index contributed by atoms with van der Waals surface area (Å²) in [5.74, 6) is -0.768. The summed E-state index contributed by atoms with van der Waals surface area (Å²) < 4.78 is 30.4. The van der Waals surface area contributed by atoms with Crippen LogP contribution in [-0.2, 0) is 32.6 Å². The van der Waals surface area contributed by atoms with Crippen LogP contribution in [0.4, 0.5) is 5.69 Å². The smallest absolute Gasteiger partial charge is 0.264 e. The van der Waals surface area contributed by atoms with Crippen LogP contribution < -0.4 is 9.62 Å². The number of carbonyl (C=O) groups excluding carboxylic acids is 2. The SMILES string of the molecule is Cc1ccc(S(=O)(=O)N(CC(=O)N(Cc2cccc(Br)c2)[C@H](Cc2ccccc2)C(=O)NC2CCCC2)c2ccc(C)c(Cl)c2)cc1. The number of halogens is 2. The molecule has 1 aliphatic rings. The van der Waals surface area contributed by atoms with Gasteiger partial charge in [-0.25, -0.2) is 8.42 Å². The van der Waals surface area contributed by atoms with E-state index in [0.717, 1.165) is 56.7 Å². The third-order valence-corrected chi connectivity index (χ3v) is 11.2. The molecule has 0 unspecified atom stereocenters. The van der Waals surface area contributed by atoms with E-state index in [4.69, 9.17) is 11.6 Å². The number of amides is 2. The Kier molecular flexibility index (Phi) is 11.4. The van der Waals surface area contributed by atoms with Gasteiger partial charge >= 0.3 is 0 Å². The summed E-state index contributed by atoms with van der Waals surface area (Å²) in [6.45, 7) is 3.26. The summed E-state index contributed by atoms with van der Waals surface area (Å²) in [7, 11) is -4.21. The number of carbonyl (C=O) groups is 2. The monoisotopic (exact) mass is 735 g/mol. The van der Waals surface area contributed by atoms with Crippen molar-refractivity contribution in [1.29, 1.82) is 0 Å². The molecule has 2 amide bonds. The minimum atomic E-state index is -4.21. The summed E-state index contributed by atoms with van der Waals surface area (Å²) in [6.07, 6.45) is 4.13. The van der Waals surface area contributed by atoms with Gasteiger partial charge in [0.15, 0.2) is 0 Å². The second-order valence-corrected chi connectivity index (χ2v) is 15.3. The van der Waals surface area contributed by atoms with Gasteiger partial charge in [-0.1, -0.05) is 107 Å². The fraction of sp³-hybridized carbons (Fsp3) is 0.297. The van der Waals surface area contributed by atoms with Gasteiger partial charge in [0, 0.05) is 28.5 Å². The minimum Gasteiger partial charge on any atom is -0.352 e. The van der Waals surface area contributed by atoms with Gasteiger partial charge in [-0.15, -0.1) is 0 Å². The van der Waals surface area contributed by atoms with E-state index in [9.17, 15) is 18.0 Å². The molecule has 1 N–H and O–H groups in total. The zero-order valence-electron chi connectivity index (χ0n) is 26.5. The van der Waals surface area contributed by atoms with Crippen molar-refractivity contribution in [3.05, 3.63) is 129 Å². The Morgan fingerprint density at radius 3 is 2.23 bits per heavy atom. The van der Waals surface area contributed by atoms with E-state index < -0.39 is 28.5 Å². The van der Waals surface area contributed by atoms with Crippen LogP contribution >= 0.6 is 27.5 Å². The fourth-order valence-electron chi connectivity index (χ4n) is 5.86. The molecule has 10 heteroatoms. The molecule has 4 aromatic rings. The van der Waals surface area contributed by atoms with E-state index in [-0.39, 0.29) is 35.5 Å². The molecule has 1 atom stereocenters. The molecule has 1 saturated carbocycles. The first-order chi connectivity index (χ1) is 22.5. The number of nitrogens with one attached hydrogen (secondary N) is 1. The average molecular weight is 737 g/mol. The Morgan fingerprint density at radius 1 is 0.894 bits per heavy atom. The standard InChI is InChI=1S/C37H39BrClN3O4S/c1-26-15-19-33(20-16-26)47(45,46)42(32-18-17-27(2)34(39)23-32)25-36(43)41(24-29-11-8-12-30(38)21-29)35(22-28-9-4-3-5-10-28)37(44)40-31-13-6-7-14-31/h3-5,8-12,15-21,23,31,35H,6-7,13-14,22,24-25H2,1-2H3,(H,40,44)/t35-/m1/s1. The number of benzene rings is 4. The van der Waals surface area contributed by atoms with Crippen molar-refractivity contribution >= 4 is 55.1 Å². The summed E-state index contributed by atoms with van der Waals surface area (Å²) in [6, 6.07) is 27.7. The number of anilines is 1. The molecule has 0 radical (unpaired) electrons. The Morgan fingerprint density at radius 2 is 1.57 bits per heavy atom. The predicted octanol–water partition coefficient (Wildman–Crippen LogP) is 7.61. The summed E-state index contributed by atoms with van der Waals surface area (Å²) in [5.41, 5.74) is 3.62. The predicted molar refractivity (Wildman–Crippen MR) is 191 cm³/mol. The van der Waals surface area contributed by atoms with Gasteiger partial charge in [0.05, 0.1) is 10.6 Å². The van der Waals surface area contributed by atoms with E-state index >= 15 is 0 Å². The van der Waals surface area contributed by atoms with Crippen LogP contribution in [0.3, 0.4) is 0 Å². The van der Waals surface area contributed by atoms with Gasteiger partial charge in [0.1, 0.15) is 12.6 Å². The van der Waals surface area contributed by atoms with Crippen molar-refractivity contribution in [2.75, 3.05) is 10.8 Å². The Balaban J connectivity index is 1.58. The van der Waals surface area contributed by atoms with Crippen LogP contribution in [0.25, 0.3) is 0 Å². The highest BCUT2D eigenvalue weighted by molar-refractivity contribution is 9.10. The maximum atomic E-state index is 14.7. The zero-order valence-corrected chi connectivity index (χ0v) is 29.7. The third-order valence-electron chi connectivity index (χ3n) is 8.55. The molecule has 0 bridgehead atoms. The number of sulfonamides is 1. The lowest BCUT2D eigenvalue weighted by atomic mass is 10.0. The second kappa shape index (κ2) is 15.5. The highest BCUT2D eigenvalue weighted by atomic mass is 79.9. The van der Waals surface area contributed by atoms with E-state index in [0.29, 0.717) is 5.02 Å². The van der Waals surface area contributed by atoms with Crippen molar-refractivity contribution in [3.63, 3.8) is 0 Å². The average Bonchev–Trinajstić information content (AvgIpc) is 3.56. The van der Waals surface area contributed by atoms with E-state index in [1.807, 2.05) is 68.4 Å². The molecule has 1 fully saturated rings. The number of hydrogen-bond acceptors (Lipinski definition) is 4. The maximum Gasteiger partial charge on any atom is 0.264 e. The lowest BCUT2D eigenvalue weighted by molar-refractivity contribution is -0.140. The Labute approximate surface area is 291 Å². The highest BCUT2D eigenvalue weighted by Crippen LogP contribution is 2.29. The molecule has 0 aromatic heterocycles. The quantitative estimate of drug-likeness (QED) is 0.162. The van der Waals surface area contributed by atoms with E-state index in [1.54, 1.807) is 30.3 Å². The number of hydrogen-bond donors (Lipinski definition) is 1. The number of nitrogens with zero attached hydrogens (tertiary/aromatic N) is 2. The lowest BCUT2D eigenvalue weighted by Crippen LogP contribution is -2.54. The molecule has 4 aromatic carbocycles. The number of rotatable bonds is 12. The first-order valence-electron chi connectivity index (χ1n) is 15.7. The zero-order chi connectivity index (χ0) is 33.6. The van der Waals surface area contributed by atoms with Crippen LogP contribution in [0.15, 0.2) is 106 Å². The van der Waals surface area contributed by atoms with Crippen molar-refractivity contribution in [2.45, 2.75) is 69.5 Å². The molecule has 7 nitrogen and oxygen atoms in total. The molecule has 47 heavy (non-hydrogen) atoms. The Hall–Kier alpha value is -3.66. The van der Waals surface area contributed by atoms with Gasteiger partial charge in [-0.05, 0) is 79.8 Å².